The highest BCUT2D eigenvalue weighted by Crippen LogP contribution is 2.36. The van der Waals surface area contributed by atoms with Gasteiger partial charge in [-0.05, 0) is 70.8 Å². The van der Waals surface area contributed by atoms with Crippen molar-refractivity contribution >= 4 is 18.5 Å². The van der Waals surface area contributed by atoms with Crippen LogP contribution in [0.4, 0.5) is 8.78 Å². The molecule has 31 heavy (non-hydrogen) atoms. The van der Waals surface area contributed by atoms with Gasteiger partial charge < -0.3 is 19.4 Å². The fraction of sp³-hybridized carbons (Fsp3) is 0.455. The zero-order chi connectivity index (χ0) is 23.0. The zero-order valence-corrected chi connectivity index (χ0v) is 18.6. The summed E-state index contributed by atoms with van der Waals surface area (Å²) >= 11 is 0. The number of carbonyl (C=O) groups excluding carboxylic acids is 1. The van der Waals surface area contributed by atoms with E-state index in [9.17, 15) is 13.6 Å². The SMILES string of the molecule is CC(C)Oc1ncc(CNC(=O)c2cc(B3OC(C)(C)C(C)(C)O3)ccc2F)cc1F. The molecule has 2 aromatic rings. The van der Waals surface area contributed by atoms with E-state index in [0.29, 0.717) is 11.0 Å². The summed E-state index contributed by atoms with van der Waals surface area (Å²) in [5.41, 5.74) is -0.313. The Bertz CT molecular complexity index is 966. The number of carbonyl (C=O) groups is 1. The molecule has 9 heteroatoms. The first kappa shape index (κ1) is 23.2. The Kier molecular flexibility index (Phi) is 6.39. The van der Waals surface area contributed by atoms with Crippen LogP contribution in [0.5, 0.6) is 5.88 Å². The summed E-state index contributed by atoms with van der Waals surface area (Å²) in [6.45, 7) is 11.2. The summed E-state index contributed by atoms with van der Waals surface area (Å²) in [7, 11) is -0.719. The van der Waals surface area contributed by atoms with Crippen molar-refractivity contribution in [3.05, 3.63) is 53.2 Å². The fourth-order valence-electron chi connectivity index (χ4n) is 2.99. The van der Waals surface area contributed by atoms with Gasteiger partial charge in [0.25, 0.3) is 11.8 Å². The van der Waals surface area contributed by atoms with Crippen molar-refractivity contribution in [1.82, 2.24) is 10.3 Å². The summed E-state index contributed by atoms with van der Waals surface area (Å²) in [5.74, 6) is -2.05. The van der Waals surface area contributed by atoms with E-state index in [1.54, 1.807) is 13.8 Å². The molecule has 6 nitrogen and oxygen atoms in total. The van der Waals surface area contributed by atoms with Crippen LogP contribution in [0, 0.1) is 11.6 Å². The number of ether oxygens (including phenoxy) is 1. The van der Waals surface area contributed by atoms with Crippen LogP contribution >= 0.6 is 0 Å². The minimum atomic E-state index is -0.719. The van der Waals surface area contributed by atoms with E-state index in [1.807, 2.05) is 27.7 Å². The monoisotopic (exact) mass is 432 g/mol. The number of rotatable bonds is 6. The lowest BCUT2D eigenvalue weighted by Gasteiger charge is -2.32. The quantitative estimate of drug-likeness (QED) is 0.709. The molecule has 1 aliphatic heterocycles. The van der Waals surface area contributed by atoms with Gasteiger partial charge in [0.05, 0.1) is 22.9 Å². The van der Waals surface area contributed by atoms with Crippen LogP contribution in [-0.2, 0) is 15.9 Å². The van der Waals surface area contributed by atoms with E-state index in [4.69, 9.17) is 14.0 Å². The first-order valence-electron chi connectivity index (χ1n) is 10.1. The van der Waals surface area contributed by atoms with Crippen molar-refractivity contribution in [2.24, 2.45) is 0 Å². The molecule has 0 spiro atoms. The van der Waals surface area contributed by atoms with E-state index in [0.717, 1.165) is 0 Å². The molecule has 1 saturated heterocycles. The fourth-order valence-corrected chi connectivity index (χ4v) is 2.99. The molecule has 1 N–H and O–H groups in total. The van der Waals surface area contributed by atoms with Crippen molar-refractivity contribution in [3.63, 3.8) is 0 Å². The smallest absolute Gasteiger partial charge is 0.473 e. The molecule has 0 atom stereocenters. The predicted octanol–water partition coefficient (Wildman–Crippen LogP) is 3.38. The maximum Gasteiger partial charge on any atom is 0.494 e. The summed E-state index contributed by atoms with van der Waals surface area (Å²) in [4.78, 5) is 16.5. The summed E-state index contributed by atoms with van der Waals surface area (Å²) < 4.78 is 45.6. The number of halogens is 2. The molecular weight excluding hydrogens is 405 g/mol. The Morgan fingerprint density at radius 1 is 1.13 bits per heavy atom. The number of nitrogens with one attached hydrogen (secondary N) is 1. The third-order valence-corrected chi connectivity index (χ3v) is 5.42. The number of nitrogens with zero attached hydrogens (tertiary/aromatic N) is 1. The van der Waals surface area contributed by atoms with E-state index >= 15 is 0 Å². The predicted molar refractivity (Wildman–Crippen MR) is 113 cm³/mol. The van der Waals surface area contributed by atoms with Crippen LogP contribution < -0.4 is 15.5 Å². The zero-order valence-electron chi connectivity index (χ0n) is 18.6. The highest BCUT2D eigenvalue weighted by Gasteiger charge is 2.51. The molecule has 1 aliphatic rings. The lowest BCUT2D eigenvalue weighted by Crippen LogP contribution is -2.41. The van der Waals surface area contributed by atoms with Crippen LogP contribution in [0.2, 0.25) is 0 Å². The van der Waals surface area contributed by atoms with Crippen LogP contribution in [0.1, 0.15) is 57.5 Å². The van der Waals surface area contributed by atoms with Crippen molar-refractivity contribution in [1.29, 1.82) is 0 Å². The Morgan fingerprint density at radius 3 is 2.35 bits per heavy atom. The third-order valence-electron chi connectivity index (χ3n) is 5.42. The number of hydrogen-bond donors (Lipinski definition) is 1. The average molecular weight is 432 g/mol. The number of aromatic nitrogens is 1. The van der Waals surface area contributed by atoms with Gasteiger partial charge in [0.1, 0.15) is 5.82 Å². The number of amides is 1. The summed E-state index contributed by atoms with van der Waals surface area (Å²) in [5, 5.41) is 2.59. The molecular formula is C22H27BF2N2O4. The minimum Gasteiger partial charge on any atom is -0.473 e. The summed E-state index contributed by atoms with van der Waals surface area (Å²) in [6, 6.07) is 5.36. The summed E-state index contributed by atoms with van der Waals surface area (Å²) in [6.07, 6.45) is 1.19. The molecule has 166 valence electrons. The molecule has 0 saturated carbocycles. The van der Waals surface area contributed by atoms with Gasteiger partial charge in [-0.25, -0.2) is 13.8 Å². The molecule has 0 aliphatic carbocycles. The molecule has 1 fully saturated rings. The standard InChI is InChI=1S/C22H27BF2N2O4/c1-13(2)29-20-18(25)9-14(12-27-20)11-26-19(28)16-10-15(7-8-17(16)24)23-30-21(3,4)22(5,6)31-23/h7-10,12-13H,11H2,1-6H3,(H,26,28). The van der Waals surface area contributed by atoms with E-state index in [-0.39, 0.29) is 24.1 Å². The first-order valence-corrected chi connectivity index (χ1v) is 10.1. The van der Waals surface area contributed by atoms with Gasteiger partial charge in [0.2, 0.25) is 0 Å². The van der Waals surface area contributed by atoms with E-state index < -0.39 is 35.9 Å². The van der Waals surface area contributed by atoms with E-state index in [2.05, 4.69) is 10.3 Å². The largest absolute Gasteiger partial charge is 0.494 e. The lowest BCUT2D eigenvalue weighted by molar-refractivity contribution is 0.00578. The Morgan fingerprint density at radius 2 is 1.77 bits per heavy atom. The molecule has 0 bridgehead atoms. The van der Waals surface area contributed by atoms with Gasteiger partial charge in [-0.2, -0.15) is 0 Å². The van der Waals surface area contributed by atoms with Crippen LogP contribution in [0.25, 0.3) is 0 Å². The average Bonchev–Trinajstić information content (AvgIpc) is 2.89. The van der Waals surface area contributed by atoms with Crippen LogP contribution in [0.15, 0.2) is 30.5 Å². The second kappa shape index (κ2) is 8.55. The Labute approximate surface area is 181 Å². The van der Waals surface area contributed by atoms with Gasteiger partial charge in [-0.15, -0.1) is 0 Å². The molecule has 3 rings (SSSR count). The Hall–Kier alpha value is -2.52. The van der Waals surface area contributed by atoms with Gasteiger partial charge in [0.15, 0.2) is 5.82 Å². The lowest BCUT2D eigenvalue weighted by atomic mass is 9.78. The Balaban J connectivity index is 1.71. The maximum atomic E-state index is 14.3. The van der Waals surface area contributed by atoms with Crippen LogP contribution in [-0.4, -0.2) is 35.3 Å². The number of hydrogen-bond acceptors (Lipinski definition) is 5. The molecule has 0 unspecified atom stereocenters. The molecule has 2 heterocycles. The highest BCUT2D eigenvalue weighted by molar-refractivity contribution is 6.62. The van der Waals surface area contributed by atoms with Crippen molar-refractivity contribution in [2.75, 3.05) is 0 Å². The molecule has 1 amide bonds. The number of pyridine rings is 1. The minimum absolute atomic E-state index is 0.0229. The van der Waals surface area contributed by atoms with E-state index in [1.165, 1.54) is 30.5 Å². The second-order valence-corrected chi connectivity index (χ2v) is 8.81. The molecule has 0 radical (unpaired) electrons. The molecule has 1 aromatic heterocycles. The first-order chi connectivity index (χ1) is 14.4. The topological polar surface area (TPSA) is 69.7 Å². The normalized spacial score (nSPS) is 17.1. The van der Waals surface area contributed by atoms with Gasteiger partial charge >= 0.3 is 7.12 Å². The van der Waals surface area contributed by atoms with Crippen LogP contribution in [0.3, 0.4) is 0 Å². The van der Waals surface area contributed by atoms with Crippen molar-refractivity contribution in [3.8, 4) is 5.88 Å². The molecule has 1 aromatic carbocycles. The van der Waals surface area contributed by atoms with Crippen molar-refractivity contribution in [2.45, 2.75) is 65.4 Å². The maximum absolute atomic E-state index is 14.3. The number of benzene rings is 1. The van der Waals surface area contributed by atoms with Gasteiger partial charge in [-0.1, -0.05) is 6.07 Å². The van der Waals surface area contributed by atoms with Gasteiger partial charge in [0, 0.05) is 12.7 Å². The van der Waals surface area contributed by atoms with Crippen molar-refractivity contribution < 1.29 is 27.6 Å². The van der Waals surface area contributed by atoms with Gasteiger partial charge in [-0.3, -0.25) is 4.79 Å². The second-order valence-electron chi connectivity index (χ2n) is 8.81. The highest BCUT2D eigenvalue weighted by atomic mass is 19.1. The third kappa shape index (κ3) is 5.04.